The van der Waals surface area contributed by atoms with Crippen LogP contribution in [0.5, 0.6) is 5.75 Å². The van der Waals surface area contributed by atoms with Gasteiger partial charge in [0.25, 0.3) is 0 Å². The van der Waals surface area contributed by atoms with Gasteiger partial charge in [-0.1, -0.05) is 41.9 Å². The van der Waals surface area contributed by atoms with E-state index in [1.54, 1.807) is 6.07 Å². The molecule has 0 unspecified atom stereocenters. The second-order valence-electron chi connectivity index (χ2n) is 7.37. The lowest BCUT2D eigenvalue weighted by molar-refractivity contribution is -0.126. The molecule has 0 radical (unpaired) electrons. The first-order chi connectivity index (χ1) is 14.3. The van der Waals surface area contributed by atoms with Gasteiger partial charge in [-0.25, -0.2) is 8.42 Å². The average molecular weight is 451 g/mol. The molecule has 0 aliphatic carbocycles. The molecular weight excluding hydrogens is 424 g/mol. The second kappa shape index (κ2) is 9.81. The highest BCUT2D eigenvalue weighted by molar-refractivity contribution is 7.89. The number of sulfonamides is 1. The molecule has 0 spiro atoms. The van der Waals surface area contributed by atoms with Gasteiger partial charge in [0.1, 0.15) is 5.75 Å². The maximum absolute atomic E-state index is 13.1. The summed E-state index contributed by atoms with van der Waals surface area (Å²) in [4.78, 5) is 12.9. The van der Waals surface area contributed by atoms with Crippen molar-refractivity contribution in [2.24, 2.45) is 5.92 Å². The summed E-state index contributed by atoms with van der Waals surface area (Å²) in [5, 5.41) is 3.26. The van der Waals surface area contributed by atoms with E-state index in [1.165, 1.54) is 16.4 Å². The molecule has 1 saturated heterocycles. The molecule has 2 atom stereocenters. The Morgan fingerprint density at radius 3 is 2.67 bits per heavy atom. The number of carbonyl (C=O) groups is 1. The Morgan fingerprint density at radius 1 is 1.27 bits per heavy atom. The van der Waals surface area contributed by atoms with E-state index in [0.29, 0.717) is 31.7 Å². The molecule has 3 rings (SSSR count). The molecule has 6 nitrogen and oxygen atoms in total. The third-order valence-corrected chi connectivity index (χ3v) is 7.41. The highest BCUT2D eigenvalue weighted by Crippen LogP contribution is 2.30. The van der Waals surface area contributed by atoms with Crippen LogP contribution in [0.15, 0.2) is 53.4 Å². The van der Waals surface area contributed by atoms with Crippen molar-refractivity contribution in [1.29, 1.82) is 0 Å². The normalized spacial score (nSPS) is 18.6. The first-order valence-corrected chi connectivity index (χ1v) is 11.9. The predicted octanol–water partition coefficient (Wildman–Crippen LogP) is 4.02. The average Bonchev–Trinajstić information content (AvgIpc) is 2.76. The summed E-state index contributed by atoms with van der Waals surface area (Å²) < 4.78 is 33.0. The summed E-state index contributed by atoms with van der Waals surface area (Å²) in [6, 6.07) is 14.0. The third kappa shape index (κ3) is 5.14. The number of piperidine rings is 1. The number of hydrogen-bond donors (Lipinski definition) is 1. The Morgan fingerprint density at radius 2 is 2.00 bits per heavy atom. The second-order valence-corrected chi connectivity index (χ2v) is 9.71. The van der Waals surface area contributed by atoms with E-state index in [2.05, 4.69) is 5.32 Å². The van der Waals surface area contributed by atoms with Crippen LogP contribution < -0.4 is 10.1 Å². The molecule has 8 heteroatoms. The van der Waals surface area contributed by atoms with E-state index in [4.69, 9.17) is 16.3 Å². The minimum atomic E-state index is -3.75. The summed E-state index contributed by atoms with van der Waals surface area (Å²) in [5.74, 6) is -0.0715. The van der Waals surface area contributed by atoms with Crippen LogP contribution in [0.1, 0.15) is 38.3 Å². The lowest BCUT2D eigenvalue weighted by atomic mass is 9.98. The number of halogens is 1. The van der Waals surface area contributed by atoms with Crippen molar-refractivity contribution in [3.63, 3.8) is 0 Å². The monoisotopic (exact) mass is 450 g/mol. The topological polar surface area (TPSA) is 75.7 Å². The minimum absolute atomic E-state index is 0.106. The Kier molecular flexibility index (Phi) is 7.39. The minimum Gasteiger partial charge on any atom is -0.492 e. The number of carbonyl (C=O) groups excluding carboxylic acids is 1. The number of rotatable bonds is 7. The summed E-state index contributed by atoms with van der Waals surface area (Å²) in [5.41, 5.74) is 1.01. The Hall–Kier alpha value is -2.09. The van der Waals surface area contributed by atoms with E-state index in [0.717, 1.165) is 5.56 Å². The molecule has 0 aromatic heterocycles. The van der Waals surface area contributed by atoms with Crippen LogP contribution in [0.3, 0.4) is 0 Å². The number of ether oxygens (including phenoxy) is 1. The lowest BCUT2D eigenvalue weighted by Crippen LogP contribution is -2.45. The van der Waals surface area contributed by atoms with Crippen molar-refractivity contribution in [3.05, 3.63) is 59.1 Å². The molecule has 2 aromatic rings. The molecule has 1 fully saturated rings. The lowest BCUT2D eigenvalue weighted by Gasteiger charge is -2.32. The largest absolute Gasteiger partial charge is 0.492 e. The first-order valence-electron chi connectivity index (χ1n) is 10.1. The zero-order valence-electron chi connectivity index (χ0n) is 17.2. The fourth-order valence-corrected chi connectivity index (χ4v) is 5.45. The van der Waals surface area contributed by atoms with Crippen LogP contribution in [-0.4, -0.2) is 38.3 Å². The summed E-state index contributed by atoms with van der Waals surface area (Å²) in [6.07, 6.45) is 1.28. The fraction of sp³-hybridized carbons (Fsp3) is 0.409. The molecule has 1 aliphatic rings. The SMILES string of the molecule is CCOc1ccc(S(=O)(=O)N2CCC[C@H](C(=O)N[C@H](C)c3ccccc3)C2)cc1Cl. The van der Waals surface area contributed by atoms with E-state index in [1.807, 2.05) is 44.2 Å². The summed E-state index contributed by atoms with van der Waals surface area (Å²) in [6.45, 7) is 4.73. The van der Waals surface area contributed by atoms with Crippen LogP contribution in [0.25, 0.3) is 0 Å². The van der Waals surface area contributed by atoms with Crippen LogP contribution >= 0.6 is 11.6 Å². The van der Waals surface area contributed by atoms with E-state index in [-0.39, 0.29) is 28.4 Å². The van der Waals surface area contributed by atoms with Gasteiger partial charge in [-0.3, -0.25) is 4.79 Å². The van der Waals surface area contributed by atoms with Gasteiger partial charge >= 0.3 is 0 Å². The van der Waals surface area contributed by atoms with Crippen molar-refractivity contribution >= 4 is 27.5 Å². The summed E-state index contributed by atoms with van der Waals surface area (Å²) >= 11 is 6.18. The highest BCUT2D eigenvalue weighted by Gasteiger charge is 2.34. The maximum Gasteiger partial charge on any atom is 0.243 e. The van der Waals surface area contributed by atoms with E-state index < -0.39 is 15.9 Å². The van der Waals surface area contributed by atoms with Gasteiger partial charge in [-0.05, 0) is 50.5 Å². The van der Waals surface area contributed by atoms with Crippen LogP contribution in [0.4, 0.5) is 0 Å². The fourth-order valence-electron chi connectivity index (χ4n) is 3.59. The number of nitrogens with zero attached hydrogens (tertiary/aromatic N) is 1. The number of nitrogens with one attached hydrogen (secondary N) is 1. The van der Waals surface area contributed by atoms with Crippen molar-refractivity contribution < 1.29 is 17.9 Å². The standard InChI is InChI=1S/C22H27ClN2O4S/c1-3-29-21-12-11-19(14-20(21)23)30(27,28)25-13-7-10-18(15-25)22(26)24-16(2)17-8-5-4-6-9-17/h4-6,8-9,11-12,14,16,18H,3,7,10,13,15H2,1-2H3,(H,24,26)/t16-,18+/m1/s1. The molecule has 1 amide bonds. The molecule has 30 heavy (non-hydrogen) atoms. The Balaban J connectivity index is 1.70. The van der Waals surface area contributed by atoms with E-state index in [9.17, 15) is 13.2 Å². The van der Waals surface area contributed by atoms with Gasteiger partial charge in [0.05, 0.1) is 28.5 Å². The number of hydrogen-bond acceptors (Lipinski definition) is 4. The first kappa shape index (κ1) is 22.6. The van der Waals surface area contributed by atoms with Crippen LogP contribution in [0.2, 0.25) is 5.02 Å². The number of benzene rings is 2. The van der Waals surface area contributed by atoms with Crippen LogP contribution in [0, 0.1) is 5.92 Å². The van der Waals surface area contributed by atoms with Crippen molar-refractivity contribution in [1.82, 2.24) is 9.62 Å². The van der Waals surface area contributed by atoms with Gasteiger partial charge in [0, 0.05) is 13.1 Å². The van der Waals surface area contributed by atoms with Gasteiger partial charge in [-0.15, -0.1) is 0 Å². The van der Waals surface area contributed by atoms with Crippen LogP contribution in [-0.2, 0) is 14.8 Å². The molecule has 1 aliphatic heterocycles. The van der Waals surface area contributed by atoms with Gasteiger partial charge in [0.15, 0.2) is 0 Å². The molecule has 0 saturated carbocycles. The van der Waals surface area contributed by atoms with Gasteiger partial charge in [-0.2, -0.15) is 4.31 Å². The van der Waals surface area contributed by atoms with Crippen molar-refractivity contribution in [3.8, 4) is 5.75 Å². The summed E-state index contributed by atoms with van der Waals surface area (Å²) in [7, 11) is -3.75. The molecule has 2 aromatic carbocycles. The predicted molar refractivity (Wildman–Crippen MR) is 117 cm³/mol. The molecular formula is C22H27ClN2O4S. The zero-order valence-corrected chi connectivity index (χ0v) is 18.7. The van der Waals surface area contributed by atoms with Crippen molar-refractivity contribution in [2.45, 2.75) is 37.6 Å². The highest BCUT2D eigenvalue weighted by atomic mass is 35.5. The third-order valence-electron chi connectivity index (χ3n) is 5.25. The van der Waals surface area contributed by atoms with Gasteiger partial charge in [0.2, 0.25) is 15.9 Å². The molecule has 1 N–H and O–H groups in total. The molecule has 162 valence electrons. The number of amides is 1. The molecule has 0 bridgehead atoms. The Labute approximate surface area is 183 Å². The maximum atomic E-state index is 13.1. The smallest absolute Gasteiger partial charge is 0.243 e. The van der Waals surface area contributed by atoms with Crippen molar-refractivity contribution in [2.75, 3.05) is 19.7 Å². The molecule has 1 heterocycles. The zero-order chi connectivity index (χ0) is 21.7. The quantitative estimate of drug-likeness (QED) is 0.691. The van der Waals surface area contributed by atoms with E-state index >= 15 is 0 Å². The Bertz CT molecular complexity index is 982. The van der Waals surface area contributed by atoms with Gasteiger partial charge < -0.3 is 10.1 Å².